The molecule has 1 radical (unpaired) electrons. The van der Waals surface area contributed by atoms with E-state index in [1.165, 1.54) is 12.1 Å². The van der Waals surface area contributed by atoms with E-state index in [0.29, 0.717) is 12.4 Å². The van der Waals surface area contributed by atoms with Crippen molar-refractivity contribution in [3.63, 3.8) is 0 Å². The van der Waals surface area contributed by atoms with E-state index in [0.717, 1.165) is 12.0 Å². The number of rotatable bonds is 5. The zero-order valence-corrected chi connectivity index (χ0v) is 9.60. The number of nitrogens with zero attached hydrogens (tertiary/aromatic N) is 1. The van der Waals surface area contributed by atoms with Crippen LogP contribution in [0.3, 0.4) is 0 Å². The molecule has 16 heavy (non-hydrogen) atoms. The van der Waals surface area contributed by atoms with Crippen molar-refractivity contribution in [2.24, 2.45) is 0 Å². The molecule has 1 aromatic rings. The summed E-state index contributed by atoms with van der Waals surface area (Å²) in [6, 6.07) is 4.63. The van der Waals surface area contributed by atoms with Crippen molar-refractivity contribution in [2.75, 3.05) is 6.61 Å². The second-order valence-corrected chi connectivity index (χ2v) is 3.73. The maximum Gasteiger partial charge on any atom is 0.269 e. The zero-order valence-electron chi connectivity index (χ0n) is 9.60. The van der Waals surface area contributed by atoms with Gasteiger partial charge in [0.05, 0.1) is 11.5 Å². The van der Waals surface area contributed by atoms with E-state index < -0.39 is 4.92 Å². The summed E-state index contributed by atoms with van der Waals surface area (Å²) in [5.41, 5.74) is 0.858. The summed E-state index contributed by atoms with van der Waals surface area (Å²) in [6.45, 7) is 8.38. The number of nitro groups is 1. The molecule has 87 valence electrons. The monoisotopic (exact) mass is 222 g/mol. The minimum absolute atomic E-state index is 0.0354. The molecule has 0 aliphatic carbocycles. The van der Waals surface area contributed by atoms with Crippen LogP contribution in [0.5, 0.6) is 5.75 Å². The van der Waals surface area contributed by atoms with Gasteiger partial charge in [-0.05, 0) is 25.3 Å². The molecule has 1 rings (SSSR count). The molecule has 0 aliphatic rings. The molecule has 0 aromatic heterocycles. The molecular weight excluding hydrogens is 206 g/mol. The predicted octanol–water partition coefficient (Wildman–Crippen LogP) is 3.32. The van der Waals surface area contributed by atoms with Crippen molar-refractivity contribution >= 4 is 5.69 Å². The SMILES string of the molecule is [CH2]C(C)c1cc([N+](=O)[O-])ccc1OCCC. The molecule has 4 nitrogen and oxygen atoms in total. The Morgan fingerprint density at radius 1 is 1.56 bits per heavy atom. The molecule has 0 aliphatic heterocycles. The number of hydrogen-bond acceptors (Lipinski definition) is 3. The molecule has 0 amide bonds. The van der Waals surface area contributed by atoms with Crippen LogP contribution in [0.4, 0.5) is 5.69 Å². The second kappa shape index (κ2) is 5.49. The molecule has 1 atom stereocenters. The lowest BCUT2D eigenvalue weighted by Gasteiger charge is -2.13. The Kier molecular flexibility index (Phi) is 4.28. The number of nitro benzene ring substituents is 1. The summed E-state index contributed by atoms with van der Waals surface area (Å²) in [5.74, 6) is 0.654. The molecule has 0 bridgehead atoms. The standard InChI is InChI=1S/C12H16NO3/c1-4-7-16-12-6-5-10(13(14)15)8-11(12)9(2)3/h5-6,8-9H,2,4,7H2,1,3H3. The van der Waals surface area contributed by atoms with Crippen LogP contribution in [0.25, 0.3) is 0 Å². The van der Waals surface area contributed by atoms with Gasteiger partial charge >= 0.3 is 0 Å². The average molecular weight is 222 g/mol. The molecule has 4 heteroatoms. The van der Waals surface area contributed by atoms with Crippen LogP contribution in [0.1, 0.15) is 31.7 Å². The van der Waals surface area contributed by atoms with Gasteiger partial charge in [0, 0.05) is 17.7 Å². The molecule has 0 saturated carbocycles. The summed E-state index contributed by atoms with van der Waals surface area (Å²) < 4.78 is 5.52. The van der Waals surface area contributed by atoms with Crippen molar-refractivity contribution < 1.29 is 9.66 Å². The summed E-state index contributed by atoms with van der Waals surface area (Å²) >= 11 is 0. The van der Waals surface area contributed by atoms with E-state index in [2.05, 4.69) is 6.92 Å². The van der Waals surface area contributed by atoms with Crippen molar-refractivity contribution in [1.82, 2.24) is 0 Å². The third kappa shape index (κ3) is 2.95. The molecular formula is C12H16NO3. The minimum atomic E-state index is -0.407. The summed E-state index contributed by atoms with van der Waals surface area (Å²) in [4.78, 5) is 10.2. The lowest BCUT2D eigenvalue weighted by molar-refractivity contribution is -0.384. The molecule has 0 spiro atoms. The molecule has 1 aromatic carbocycles. The summed E-state index contributed by atoms with van der Waals surface area (Å²) in [5, 5.41) is 10.6. The van der Waals surface area contributed by atoms with Gasteiger partial charge in [0.2, 0.25) is 0 Å². The van der Waals surface area contributed by atoms with Crippen LogP contribution in [0, 0.1) is 17.0 Å². The van der Waals surface area contributed by atoms with E-state index in [9.17, 15) is 10.1 Å². The topological polar surface area (TPSA) is 52.4 Å². The lowest BCUT2D eigenvalue weighted by Crippen LogP contribution is -2.01. The van der Waals surface area contributed by atoms with E-state index in [-0.39, 0.29) is 11.6 Å². The van der Waals surface area contributed by atoms with Gasteiger partial charge in [0.1, 0.15) is 5.75 Å². The predicted molar refractivity (Wildman–Crippen MR) is 62.7 cm³/mol. The summed E-state index contributed by atoms with van der Waals surface area (Å²) in [6.07, 6.45) is 0.905. The van der Waals surface area contributed by atoms with Crippen LogP contribution >= 0.6 is 0 Å². The van der Waals surface area contributed by atoms with Gasteiger partial charge in [-0.3, -0.25) is 10.1 Å². The third-order valence-corrected chi connectivity index (χ3v) is 2.20. The highest BCUT2D eigenvalue weighted by Gasteiger charge is 2.13. The van der Waals surface area contributed by atoms with Crippen molar-refractivity contribution in [3.05, 3.63) is 40.8 Å². The molecule has 0 saturated heterocycles. The van der Waals surface area contributed by atoms with Gasteiger partial charge in [-0.25, -0.2) is 0 Å². The quantitative estimate of drug-likeness (QED) is 0.567. The molecule has 0 heterocycles. The Balaban J connectivity index is 3.04. The van der Waals surface area contributed by atoms with Gasteiger partial charge in [-0.1, -0.05) is 13.8 Å². The number of benzene rings is 1. The van der Waals surface area contributed by atoms with Gasteiger partial charge in [0.25, 0.3) is 5.69 Å². The lowest BCUT2D eigenvalue weighted by atomic mass is 10.0. The first-order valence-electron chi connectivity index (χ1n) is 5.30. The van der Waals surface area contributed by atoms with E-state index in [1.54, 1.807) is 6.07 Å². The Morgan fingerprint density at radius 2 is 2.25 bits per heavy atom. The Bertz CT molecular complexity index is 375. The van der Waals surface area contributed by atoms with Gasteiger partial charge in [0.15, 0.2) is 0 Å². The Morgan fingerprint density at radius 3 is 2.75 bits per heavy atom. The molecule has 1 unspecified atom stereocenters. The molecule has 0 N–H and O–H groups in total. The van der Waals surface area contributed by atoms with Crippen LogP contribution < -0.4 is 4.74 Å². The number of hydrogen-bond donors (Lipinski definition) is 0. The largest absolute Gasteiger partial charge is 0.493 e. The van der Waals surface area contributed by atoms with Crippen LogP contribution in [0.15, 0.2) is 18.2 Å². The van der Waals surface area contributed by atoms with Crippen molar-refractivity contribution in [2.45, 2.75) is 26.2 Å². The van der Waals surface area contributed by atoms with Gasteiger partial charge < -0.3 is 4.74 Å². The summed E-state index contributed by atoms with van der Waals surface area (Å²) in [7, 11) is 0. The smallest absolute Gasteiger partial charge is 0.269 e. The van der Waals surface area contributed by atoms with Crippen LogP contribution in [0.2, 0.25) is 0 Å². The fourth-order valence-electron chi connectivity index (χ4n) is 1.38. The first-order chi connectivity index (χ1) is 7.56. The van der Waals surface area contributed by atoms with Crippen LogP contribution in [-0.2, 0) is 0 Å². The second-order valence-electron chi connectivity index (χ2n) is 3.73. The van der Waals surface area contributed by atoms with Gasteiger partial charge in [-0.15, -0.1) is 0 Å². The number of non-ortho nitro benzene ring substituents is 1. The average Bonchev–Trinajstić information content (AvgIpc) is 2.25. The highest BCUT2D eigenvalue weighted by atomic mass is 16.6. The zero-order chi connectivity index (χ0) is 12.1. The van der Waals surface area contributed by atoms with Gasteiger partial charge in [-0.2, -0.15) is 0 Å². The Hall–Kier alpha value is -1.58. The Labute approximate surface area is 95.4 Å². The number of ether oxygens (including phenoxy) is 1. The normalized spacial score (nSPS) is 10.5. The molecule has 0 fully saturated rings. The van der Waals surface area contributed by atoms with E-state index in [4.69, 9.17) is 4.74 Å². The minimum Gasteiger partial charge on any atom is -0.493 e. The fourth-order valence-corrected chi connectivity index (χ4v) is 1.38. The fraction of sp³-hybridized carbons (Fsp3) is 0.417. The first-order valence-corrected chi connectivity index (χ1v) is 5.30. The first kappa shape index (κ1) is 12.5. The van der Waals surface area contributed by atoms with E-state index in [1.807, 2.05) is 13.8 Å². The van der Waals surface area contributed by atoms with E-state index >= 15 is 0 Å². The third-order valence-electron chi connectivity index (χ3n) is 2.20. The highest BCUT2D eigenvalue weighted by molar-refractivity contribution is 5.45. The maximum absolute atomic E-state index is 10.6. The van der Waals surface area contributed by atoms with Crippen LogP contribution in [-0.4, -0.2) is 11.5 Å². The van der Waals surface area contributed by atoms with Crippen molar-refractivity contribution in [1.29, 1.82) is 0 Å². The maximum atomic E-state index is 10.6. The highest BCUT2D eigenvalue weighted by Crippen LogP contribution is 2.30. The van der Waals surface area contributed by atoms with Crippen molar-refractivity contribution in [3.8, 4) is 5.75 Å².